The third kappa shape index (κ3) is 2.88. The van der Waals surface area contributed by atoms with Gasteiger partial charge in [0.2, 0.25) is 0 Å². The lowest BCUT2D eigenvalue weighted by Crippen LogP contribution is -2.35. The van der Waals surface area contributed by atoms with Gasteiger partial charge in [-0.1, -0.05) is 0 Å². The Kier molecular flexibility index (Phi) is 2.66. The average Bonchev–Trinajstić information content (AvgIpc) is 1.56. The van der Waals surface area contributed by atoms with Crippen molar-refractivity contribution in [1.82, 2.24) is 0 Å². The number of rotatable bonds is 2. The van der Waals surface area contributed by atoms with E-state index in [0.717, 1.165) is 0 Å². The summed E-state index contributed by atoms with van der Waals surface area (Å²) in [6, 6.07) is 0. The van der Waals surface area contributed by atoms with Crippen molar-refractivity contribution in [3.63, 3.8) is 0 Å². The van der Waals surface area contributed by atoms with Crippen LogP contribution >= 0.6 is 0 Å². The molecule has 0 aromatic heterocycles. The van der Waals surface area contributed by atoms with Crippen molar-refractivity contribution in [2.75, 3.05) is 5.75 Å². The fraction of sp³-hybridized carbons (Fsp3) is 0.833. The predicted octanol–water partition coefficient (Wildman–Crippen LogP) is 0.136. The summed E-state index contributed by atoms with van der Waals surface area (Å²) in [6.07, 6.45) is 0. The Morgan fingerprint density at radius 3 is 1.91 bits per heavy atom. The lowest BCUT2D eigenvalue weighted by molar-refractivity contribution is 0.564. The second-order valence-electron chi connectivity index (χ2n) is 3.40. The first-order chi connectivity index (χ1) is 4.67. The van der Waals surface area contributed by atoms with Crippen LogP contribution in [0.15, 0.2) is 0 Å². The van der Waals surface area contributed by atoms with Crippen molar-refractivity contribution in [2.24, 2.45) is 5.73 Å². The molecule has 0 spiro atoms. The van der Waals surface area contributed by atoms with Gasteiger partial charge < -0.3 is 5.73 Å². The van der Waals surface area contributed by atoms with E-state index in [1.165, 1.54) is 0 Å². The summed E-state index contributed by atoms with van der Waals surface area (Å²) in [5, 5.41) is 6.83. The Morgan fingerprint density at radius 2 is 1.82 bits per heavy atom. The van der Waals surface area contributed by atoms with Gasteiger partial charge in [-0.25, -0.2) is 8.42 Å². The predicted molar refractivity (Wildman–Crippen MR) is 45.5 cm³/mol. The molecule has 3 N–H and O–H groups in total. The largest absolute Gasteiger partial charge is 0.387 e. The Morgan fingerprint density at radius 1 is 1.45 bits per heavy atom. The standard InChI is InChI=1S/C6H14N2O2S/c1-6(2,3)11(9,10)4-5(7)8/h4H2,1-3H3,(H3,7,8). The molecule has 0 aliphatic rings. The van der Waals surface area contributed by atoms with Crippen LogP contribution in [0.5, 0.6) is 0 Å². The quantitative estimate of drug-likeness (QED) is 0.466. The van der Waals surface area contributed by atoms with Crippen LogP contribution in [0, 0.1) is 5.41 Å². The summed E-state index contributed by atoms with van der Waals surface area (Å²) in [6.45, 7) is 4.77. The van der Waals surface area contributed by atoms with Gasteiger partial charge in [-0.05, 0) is 20.8 Å². The van der Waals surface area contributed by atoms with Gasteiger partial charge in [0.25, 0.3) is 0 Å². The lowest BCUT2D eigenvalue weighted by atomic mass is 10.3. The monoisotopic (exact) mass is 178 g/mol. The first-order valence-corrected chi connectivity index (χ1v) is 4.87. The molecule has 0 bridgehead atoms. The van der Waals surface area contributed by atoms with E-state index in [2.05, 4.69) is 0 Å². The molecule has 0 aliphatic heterocycles. The average molecular weight is 178 g/mol. The second kappa shape index (κ2) is 2.81. The first kappa shape index (κ1) is 10.4. The maximum Gasteiger partial charge on any atom is 0.162 e. The molecule has 4 nitrogen and oxygen atoms in total. The first-order valence-electron chi connectivity index (χ1n) is 3.22. The summed E-state index contributed by atoms with van der Waals surface area (Å²) in [7, 11) is -3.25. The molecular formula is C6H14N2O2S. The summed E-state index contributed by atoms with van der Waals surface area (Å²) >= 11 is 0. The van der Waals surface area contributed by atoms with Crippen molar-refractivity contribution in [3.8, 4) is 0 Å². The van der Waals surface area contributed by atoms with Gasteiger partial charge in [0, 0.05) is 0 Å². The third-order valence-electron chi connectivity index (χ3n) is 1.28. The molecule has 0 aromatic rings. The Balaban J connectivity index is 4.64. The van der Waals surface area contributed by atoms with Crippen LogP contribution in [0.25, 0.3) is 0 Å². The molecule has 0 amide bonds. The fourth-order valence-electron chi connectivity index (χ4n) is 0.421. The smallest absolute Gasteiger partial charge is 0.162 e. The molecule has 0 saturated carbocycles. The zero-order valence-electron chi connectivity index (χ0n) is 7.01. The number of sulfone groups is 1. The van der Waals surface area contributed by atoms with E-state index in [-0.39, 0.29) is 11.6 Å². The highest BCUT2D eigenvalue weighted by Crippen LogP contribution is 2.15. The van der Waals surface area contributed by atoms with Crippen LogP contribution in [-0.2, 0) is 9.84 Å². The maximum atomic E-state index is 11.2. The topological polar surface area (TPSA) is 84.0 Å². The Bertz CT molecular complexity index is 248. The van der Waals surface area contributed by atoms with E-state index in [1.54, 1.807) is 20.8 Å². The molecular weight excluding hydrogens is 164 g/mol. The van der Waals surface area contributed by atoms with E-state index in [1.807, 2.05) is 0 Å². The van der Waals surface area contributed by atoms with Crippen LogP contribution in [-0.4, -0.2) is 24.8 Å². The highest BCUT2D eigenvalue weighted by molar-refractivity contribution is 7.93. The molecule has 0 saturated heterocycles. The van der Waals surface area contributed by atoms with Crippen LogP contribution in [0.1, 0.15) is 20.8 Å². The van der Waals surface area contributed by atoms with Gasteiger partial charge in [0.15, 0.2) is 9.84 Å². The molecule has 0 atom stereocenters. The van der Waals surface area contributed by atoms with Crippen LogP contribution in [0.4, 0.5) is 0 Å². The van der Waals surface area contributed by atoms with E-state index in [4.69, 9.17) is 11.1 Å². The molecule has 0 heterocycles. The highest BCUT2D eigenvalue weighted by atomic mass is 32.2. The van der Waals surface area contributed by atoms with Crippen molar-refractivity contribution < 1.29 is 8.42 Å². The van der Waals surface area contributed by atoms with Gasteiger partial charge in [-0.2, -0.15) is 0 Å². The zero-order chi connectivity index (χ0) is 9.28. The van der Waals surface area contributed by atoms with Gasteiger partial charge >= 0.3 is 0 Å². The molecule has 66 valence electrons. The molecule has 0 unspecified atom stereocenters. The van der Waals surface area contributed by atoms with E-state index in [0.29, 0.717) is 0 Å². The molecule has 0 aromatic carbocycles. The molecule has 0 aliphatic carbocycles. The van der Waals surface area contributed by atoms with Crippen LogP contribution in [0.2, 0.25) is 0 Å². The number of hydrogen-bond acceptors (Lipinski definition) is 3. The van der Waals surface area contributed by atoms with Gasteiger partial charge in [0.05, 0.1) is 4.75 Å². The third-order valence-corrected chi connectivity index (χ3v) is 3.84. The van der Waals surface area contributed by atoms with E-state index in [9.17, 15) is 8.42 Å². The number of nitrogens with two attached hydrogens (primary N) is 1. The minimum atomic E-state index is -3.25. The molecule has 5 heteroatoms. The van der Waals surface area contributed by atoms with Crippen molar-refractivity contribution in [2.45, 2.75) is 25.5 Å². The minimum absolute atomic E-state index is 0.306. The number of hydrogen-bond donors (Lipinski definition) is 2. The number of amidine groups is 1. The summed E-state index contributed by atoms with van der Waals surface area (Å²) in [4.78, 5) is 0. The van der Waals surface area contributed by atoms with Gasteiger partial charge in [-0.3, -0.25) is 5.41 Å². The van der Waals surface area contributed by atoms with Crippen molar-refractivity contribution in [1.29, 1.82) is 5.41 Å². The summed E-state index contributed by atoms with van der Waals surface area (Å²) in [5.74, 6) is -0.656. The SMILES string of the molecule is CC(C)(C)S(=O)(=O)CC(=N)N. The molecule has 0 rings (SSSR count). The van der Waals surface area contributed by atoms with Gasteiger partial charge in [0.1, 0.15) is 11.6 Å². The zero-order valence-corrected chi connectivity index (χ0v) is 7.83. The number of nitrogens with one attached hydrogen (secondary N) is 1. The van der Waals surface area contributed by atoms with Crippen molar-refractivity contribution >= 4 is 15.7 Å². The second-order valence-corrected chi connectivity index (χ2v) is 6.14. The van der Waals surface area contributed by atoms with Gasteiger partial charge in [-0.15, -0.1) is 0 Å². The van der Waals surface area contributed by atoms with Crippen LogP contribution < -0.4 is 5.73 Å². The van der Waals surface area contributed by atoms with E-state index >= 15 is 0 Å². The fourth-order valence-corrected chi connectivity index (χ4v) is 1.26. The maximum absolute atomic E-state index is 11.2. The normalized spacial score (nSPS) is 13.0. The molecule has 0 fully saturated rings. The minimum Gasteiger partial charge on any atom is -0.387 e. The Hall–Kier alpha value is -0.580. The van der Waals surface area contributed by atoms with Crippen LogP contribution in [0.3, 0.4) is 0 Å². The van der Waals surface area contributed by atoms with E-state index < -0.39 is 14.6 Å². The Labute approximate surface area is 67.2 Å². The summed E-state index contributed by atoms with van der Waals surface area (Å²) in [5.41, 5.74) is 4.98. The summed E-state index contributed by atoms with van der Waals surface area (Å²) < 4.78 is 21.7. The lowest BCUT2D eigenvalue weighted by Gasteiger charge is -2.18. The van der Waals surface area contributed by atoms with Crippen molar-refractivity contribution in [3.05, 3.63) is 0 Å². The molecule has 0 radical (unpaired) electrons. The molecule has 11 heavy (non-hydrogen) atoms. The highest BCUT2D eigenvalue weighted by Gasteiger charge is 2.29.